The average molecular weight is 218 g/mol. The second kappa shape index (κ2) is 3.73. The van der Waals surface area contributed by atoms with Crippen LogP contribution in [0.4, 0.5) is 0 Å². The predicted octanol–water partition coefficient (Wildman–Crippen LogP) is 0.977. The van der Waals surface area contributed by atoms with Crippen LogP contribution in [0.25, 0.3) is 5.69 Å². The Hall–Kier alpha value is -2.24. The van der Waals surface area contributed by atoms with Crippen LogP contribution in [0, 0.1) is 13.8 Å². The van der Waals surface area contributed by atoms with E-state index in [1.54, 1.807) is 19.9 Å². The Balaban J connectivity index is 2.72. The second-order valence-electron chi connectivity index (χ2n) is 3.39. The van der Waals surface area contributed by atoms with Gasteiger partial charge in [-0.05, 0) is 19.9 Å². The maximum Gasteiger partial charge on any atom is 0.339 e. The Morgan fingerprint density at radius 3 is 2.75 bits per heavy atom. The lowest BCUT2D eigenvalue weighted by molar-refractivity contribution is 0.0695. The van der Waals surface area contributed by atoms with Crippen molar-refractivity contribution in [2.75, 3.05) is 0 Å². The maximum absolute atomic E-state index is 11.1. The molecule has 0 aliphatic carbocycles. The van der Waals surface area contributed by atoms with E-state index in [9.17, 15) is 4.79 Å². The Morgan fingerprint density at radius 1 is 1.44 bits per heavy atom. The number of aryl methyl sites for hydroxylation is 2. The number of pyridine rings is 1. The fraction of sp³-hybridized carbons (Fsp3) is 0.200. The summed E-state index contributed by atoms with van der Waals surface area (Å²) in [6.45, 7) is 3.47. The molecule has 6 nitrogen and oxygen atoms in total. The summed E-state index contributed by atoms with van der Waals surface area (Å²) in [6.07, 6.45) is 2.82. The number of carbonyl (C=O) groups is 1. The first-order valence-electron chi connectivity index (χ1n) is 4.66. The summed E-state index contributed by atoms with van der Waals surface area (Å²) >= 11 is 0. The van der Waals surface area contributed by atoms with E-state index in [1.807, 2.05) is 0 Å². The summed E-state index contributed by atoms with van der Waals surface area (Å²) in [5.41, 5.74) is 1.84. The first kappa shape index (κ1) is 10.3. The van der Waals surface area contributed by atoms with Crippen molar-refractivity contribution < 1.29 is 9.90 Å². The van der Waals surface area contributed by atoms with E-state index in [1.165, 1.54) is 17.3 Å². The van der Waals surface area contributed by atoms with Gasteiger partial charge in [0.25, 0.3) is 0 Å². The third-order valence-corrected chi connectivity index (χ3v) is 2.19. The van der Waals surface area contributed by atoms with Gasteiger partial charge < -0.3 is 5.11 Å². The number of hydrogen-bond acceptors (Lipinski definition) is 4. The molecule has 2 heterocycles. The fourth-order valence-electron chi connectivity index (χ4n) is 1.59. The first-order valence-corrected chi connectivity index (χ1v) is 4.66. The lowest BCUT2D eigenvalue weighted by Crippen LogP contribution is -2.10. The van der Waals surface area contributed by atoms with Gasteiger partial charge in [0.1, 0.15) is 18.2 Å². The van der Waals surface area contributed by atoms with Gasteiger partial charge in [0.2, 0.25) is 0 Å². The summed E-state index contributed by atoms with van der Waals surface area (Å²) < 4.78 is 1.42. The zero-order valence-corrected chi connectivity index (χ0v) is 8.88. The molecule has 0 spiro atoms. The Labute approximate surface area is 91.6 Å². The van der Waals surface area contributed by atoms with Gasteiger partial charge in [-0.3, -0.25) is 4.98 Å². The molecule has 0 saturated heterocycles. The highest BCUT2D eigenvalue weighted by molar-refractivity contribution is 5.93. The van der Waals surface area contributed by atoms with Crippen LogP contribution in [0.15, 0.2) is 18.7 Å². The van der Waals surface area contributed by atoms with E-state index in [2.05, 4.69) is 15.1 Å². The number of rotatable bonds is 2. The molecule has 82 valence electrons. The lowest BCUT2D eigenvalue weighted by Gasteiger charge is -2.08. The normalized spacial score (nSPS) is 10.4. The monoisotopic (exact) mass is 218 g/mol. The zero-order chi connectivity index (χ0) is 11.7. The highest BCUT2D eigenvalue weighted by Crippen LogP contribution is 2.17. The maximum atomic E-state index is 11.1. The van der Waals surface area contributed by atoms with E-state index in [0.717, 1.165) is 5.69 Å². The van der Waals surface area contributed by atoms with Crippen molar-refractivity contribution >= 4 is 5.97 Å². The molecule has 6 heteroatoms. The number of hydrogen-bond donors (Lipinski definition) is 1. The molecule has 2 aromatic rings. The van der Waals surface area contributed by atoms with Gasteiger partial charge in [0, 0.05) is 5.69 Å². The molecule has 0 aliphatic rings. The molecule has 2 aromatic heterocycles. The van der Waals surface area contributed by atoms with Gasteiger partial charge >= 0.3 is 5.97 Å². The molecule has 0 amide bonds. The van der Waals surface area contributed by atoms with Crippen molar-refractivity contribution in [3.63, 3.8) is 0 Å². The van der Waals surface area contributed by atoms with Crippen LogP contribution in [0.5, 0.6) is 0 Å². The number of carboxylic acid groups (broad SMARTS) is 1. The van der Waals surface area contributed by atoms with E-state index in [4.69, 9.17) is 5.11 Å². The molecular weight excluding hydrogens is 208 g/mol. The standard InChI is InChI=1S/C10H10N4O2/c1-6-3-8(14-5-11-4-12-14)9(10(15)16)7(2)13-6/h3-5H,1-2H3,(H,15,16). The number of aromatic carboxylic acids is 1. The average Bonchev–Trinajstić information content (AvgIpc) is 2.67. The van der Waals surface area contributed by atoms with Gasteiger partial charge in [-0.15, -0.1) is 0 Å². The molecule has 0 aliphatic heterocycles. The largest absolute Gasteiger partial charge is 0.478 e. The minimum absolute atomic E-state index is 0.149. The van der Waals surface area contributed by atoms with Gasteiger partial charge in [0.05, 0.1) is 11.4 Å². The van der Waals surface area contributed by atoms with Crippen molar-refractivity contribution in [2.45, 2.75) is 13.8 Å². The SMILES string of the molecule is Cc1cc(-n2cncn2)c(C(=O)O)c(C)n1. The van der Waals surface area contributed by atoms with Crippen molar-refractivity contribution in [2.24, 2.45) is 0 Å². The minimum Gasteiger partial charge on any atom is -0.478 e. The van der Waals surface area contributed by atoms with Crippen LogP contribution >= 0.6 is 0 Å². The zero-order valence-electron chi connectivity index (χ0n) is 8.88. The van der Waals surface area contributed by atoms with Crippen LogP contribution < -0.4 is 0 Å². The fourth-order valence-corrected chi connectivity index (χ4v) is 1.59. The molecule has 0 aromatic carbocycles. The van der Waals surface area contributed by atoms with E-state index >= 15 is 0 Å². The van der Waals surface area contributed by atoms with Crippen LogP contribution in [0.3, 0.4) is 0 Å². The van der Waals surface area contributed by atoms with Crippen molar-refractivity contribution in [1.82, 2.24) is 19.7 Å². The summed E-state index contributed by atoms with van der Waals surface area (Å²) in [5, 5.41) is 13.1. The lowest BCUT2D eigenvalue weighted by atomic mass is 10.1. The quantitative estimate of drug-likeness (QED) is 0.812. The first-order chi connectivity index (χ1) is 7.59. The topological polar surface area (TPSA) is 80.9 Å². The molecule has 0 radical (unpaired) electrons. The van der Waals surface area contributed by atoms with Crippen molar-refractivity contribution in [1.29, 1.82) is 0 Å². The van der Waals surface area contributed by atoms with E-state index < -0.39 is 5.97 Å². The summed E-state index contributed by atoms with van der Waals surface area (Å²) in [4.78, 5) is 19.1. The second-order valence-corrected chi connectivity index (χ2v) is 3.39. The molecule has 1 N–H and O–H groups in total. The van der Waals surface area contributed by atoms with E-state index in [0.29, 0.717) is 11.4 Å². The van der Waals surface area contributed by atoms with Gasteiger partial charge in [-0.2, -0.15) is 5.10 Å². The van der Waals surface area contributed by atoms with Crippen molar-refractivity contribution in [3.8, 4) is 5.69 Å². The van der Waals surface area contributed by atoms with Crippen LogP contribution in [0.2, 0.25) is 0 Å². The number of nitrogens with zero attached hydrogens (tertiary/aromatic N) is 4. The molecule has 0 saturated carbocycles. The molecule has 0 atom stereocenters. The third kappa shape index (κ3) is 1.65. The Bertz CT molecular complexity index is 534. The summed E-state index contributed by atoms with van der Waals surface area (Å²) in [7, 11) is 0. The highest BCUT2D eigenvalue weighted by atomic mass is 16.4. The molecule has 0 unspecified atom stereocenters. The Morgan fingerprint density at radius 2 is 2.19 bits per heavy atom. The molecule has 2 rings (SSSR count). The molecule has 16 heavy (non-hydrogen) atoms. The van der Waals surface area contributed by atoms with Gasteiger partial charge in [-0.25, -0.2) is 14.5 Å². The summed E-state index contributed by atoms with van der Waals surface area (Å²) in [6, 6.07) is 1.67. The minimum atomic E-state index is -1.02. The predicted molar refractivity (Wildman–Crippen MR) is 55.6 cm³/mol. The van der Waals surface area contributed by atoms with Crippen molar-refractivity contribution in [3.05, 3.63) is 35.7 Å². The van der Waals surface area contributed by atoms with Gasteiger partial charge in [-0.1, -0.05) is 0 Å². The number of carboxylic acids is 1. The van der Waals surface area contributed by atoms with Crippen LogP contribution in [-0.4, -0.2) is 30.8 Å². The Kier molecular flexibility index (Phi) is 2.40. The molecular formula is C10H10N4O2. The third-order valence-electron chi connectivity index (χ3n) is 2.19. The molecule has 0 fully saturated rings. The number of aromatic nitrogens is 4. The smallest absolute Gasteiger partial charge is 0.339 e. The molecule has 0 bridgehead atoms. The van der Waals surface area contributed by atoms with Gasteiger partial charge in [0.15, 0.2) is 0 Å². The van der Waals surface area contributed by atoms with E-state index in [-0.39, 0.29) is 5.56 Å². The highest BCUT2D eigenvalue weighted by Gasteiger charge is 2.16. The van der Waals surface area contributed by atoms with Crippen LogP contribution in [-0.2, 0) is 0 Å². The summed E-state index contributed by atoms with van der Waals surface area (Å²) in [5.74, 6) is -1.02. The van der Waals surface area contributed by atoms with Crippen LogP contribution in [0.1, 0.15) is 21.7 Å².